The minimum atomic E-state index is 0.220. The maximum Gasteiger partial charge on any atom is 0.0342 e. The minimum Gasteiger partial charge on any atom is -0.324 e. The molecule has 1 saturated heterocycles. The molecule has 2 heteroatoms. The highest BCUT2D eigenvalue weighted by molar-refractivity contribution is 8.00. The monoisotopic (exact) mass is 143 g/mol. The Kier molecular flexibility index (Phi) is 2.61. The minimum absolute atomic E-state index is 0.220. The largest absolute Gasteiger partial charge is 0.324 e. The van der Waals surface area contributed by atoms with Gasteiger partial charge in [-0.3, -0.25) is 0 Å². The molecule has 0 aliphatic carbocycles. The molecule has 0 spiro atoms. The molecule has 1 aliphatic rings. The first-order valence-electron chi connectivity index (χ1n) is 3.34. The average Bonchev–Trinajstić information content (AvgIpc) is 2.37. The van der Waals surface area contributed by atoms with Crippen LogP contribution in [-0.2, 0) is 0 Å². The summed E-state index contributed by atoms with van der Waals surface area (Å²) in [7, 11) is 0. The normalized spacial score (nSPS) is 30.1. The summed E-state index contributed by atoms with van der Waals surface area (Å²) in [6, 6.07) is 0.220. The molecule has 0 aromatic rings. The van der Waals surface area contributed by atoms with Crippen LogP contribution < -0.4 is 5.73 Å². The summed E-state index contributed by atoms with van der Waals surface area (Å²) in [5.74, 6) is 1.28. The lowest BCUT2D eigenvalue weighted by Crippen LogP contribution is -2.27. The Labute approximate surface area is 60.7 Å². The zero-order chi connectivity index (χ0) is 6.69. The van der Waals surface area contributed by atoms with Crippen LogP contribution in [0, 0.1) is 0 Å². The summed E-state index contributed by atoms with van der Waals surface area (Å²) in [5, 5.41) is 0.655. The van der Waals surface area contributed by atoms with Crippen LogP contribution in [0.25, 0.3) is 0 Å². The molecule has 0 amide bonds. The molecule has 0 bridgehead atoms. The molecular weight excluding hydrogens is 130 g/mol. The number of rotatable bonds is 2. The molecule has 1 nitrogen and oxygen atoms in total. The van der Waals surface area contributed by atoms with Crippen molar-refractivity contribution in [1.29, 1.82) is 0 Å². The highest BCUT2D eigenvalue weighted by Crippen LogP contribution is 2.27. The lowest BCUT2D eigenvalue weighted by Gasteiger charge is -2.12. The van der Waals surface area contributed by atoms with Crippen molar-refractivity contribution in [1.82, 2.24) is 0 Å². The lowest BCUT2D eigenvalue weighted by atomic mass is 10.1. The zero-order valence-corrected chi connectivity index (χ0v) is 6.36. The van der Waals surface area contributed by atoms with Gasteiger partial charge in [-0.2, -0.15) is 11.8 Å². The molecule has 1 fully saturated rings. The molecule has 2 unspecified atom stereocenters. The van der Waals surface area contributed by atoms with E-state index < -0.39 is 0 Å². The molecule has 0 radical (unpaired) electrons. The van der Waals surface area contributed by atoms with E-state index in [9.17, 15) is 0 Å². The van der Waals surface area contributed by atoms with E-state index in [1.165, 1.54) is 18.6 Å². The average molecular weight is 143 g/mol. The predicted molar refractivity (Wildman–Crippen MR) is 43.7 cm³/mol. The Balaban J connectivity index is 2.32. The first kappa shape index (κ1) is 7.16. The third-order valence-corrected chi connectivity index (χ3v) is 3.17. The van der Waals surface area contributed by atoms with Crippen LogP contribution in [0.1, 0.15) is 12.8 Å². The van der Waals surface area contributed by atoms with E-state index in [0.29, 0.717) is 5.25 Å². The number of thioether (sulfide) groups is 1. The number of hydrogen-bond donors (Lipinski definition) is 1. The quantitative estimate of drug-likeness (QED) is 0.591. The van der Waals surface area contributed by atoms with Crippen molar-refractivity contribution < 1.29 is 0 Å². The highest BCUT2D eigenvalue weighted by atomic mass is 32.2. The molecule has 0 saturated carbocycles. The van der Waals surface area contributed by atoms with E-state index in [0.717, 1.165) is 0 Å². The van der Waals surface area contributed by atoms with Gasteiger partial charge in [0.2, 0.25) is 0 Å². The summed E-state index contributed by atoms with van der Waals surface area (Å²) >= 11 is 1.98. The summed E-state index contributed by atoms with van der Waals surface area (Å²) in [5.41, 5.74) is 5.74. The fraction of sp³-hybridized carbons (Fsp3) is 0.714. The van der Waals surface area contributed by atoms with Gasteiger partial charge in [0, 0.05) is 11.3 Å². The van der Waals surface area contributed by atoms with Crippen molar-refractivity contribution in [2.75, 3.05) is 5.75 Å². The summed E-state index contributed by atoms with van der Waals surface area (Å²) in [6.45, 7) is 3.67. The topological polar surface area (TPSA) is 26.0 Å². The smallest absolute Gasteiger partial charge is 0.0342 e. The summed E-state index contributed by atoms with van der Waals surface area (Å²) < 4.78 is 0. The van der Waals surface area contributed by atoms with Crippen LogP contribution in [0.3, 0.4) is 0 Å². The van der Waals surface area contributed by atoms with Crippen LogP contribution >= 0.6 is 11.8 Å². The molecule has 2 N–H and O–H groups in total. The van der Waals surface area contributed by atoms with Crippen LogP contribution in [-0.4, -0.2) is 17.0 Å². The van der Waals surface area contributed by atoms with E-state index in [1.54, 1.807) is 0 Å². The predicted octanol–water partition coefficient (Wildman–Crippen LogP) is 1.40. The maximum absolute atomic E-state index is 5.74. The standard InChI is InChI=1S/C7H13NS/c1-2-6(8)7-4-3-5-9-7/h2,6-7H,1,3-5,8H2. The van der Waals surface area contributed by atoms with Gasteiger partial charge >= 0.3 is 0 Å². The second kappa shape index (κ2) is 3.28. The molecule has 0 aromatic carbocycles. The van der Waals surface area contributed by atoms with E-state index in [4.69, 9.17) is 5.73 Å². The van der Waals surface area contributed by atoms with Gasteiger partial charge in [-0.15, -0.1) is 6.58 Å². The van der Waals surface area contributed by atoms with E-state index in [1.807, 2.05) is 17.8 Å². The van der Waals surface area contributed by atoms with Gasteiger partial charge in [-0.25, -0.2) is 0 Å². The van der Waals surface area contributed by atoms with Crippen molar-refractivity contribution in [2.45, 2.75) is 24.1 Å². The maximum atomic E-state index is 5.74. The first-order valence-corrected chi connectivity index (χ1v) is 4.39. The van der Waals surface area contributed by atoms with E-state index >= 15 is 0 Å². The van der Waals surface area contributed by atoms with Crippen molar-refractivity contribution in [2.24, 2.45) is 5.73 Å². The summed E-state index contributed by atoms with van der Waals surface area (Å²) in [4.78, 5) is 0. The van der Waals surface area contributed by atoms with Crippen molar-refractivity contribution in [3.8, 4) is 0 Å². The Morgan fingerprint density at radius 2 is 2.56 bits per heavy atom. The zero-order valence-electron chi connectivity index (χ0n) is 5.55. The van der Waals surface area contributed by atoms with Crippen LogP contribution in [0.15, 0.2) is 12.7 Å². The molecule has 1 heterocycles. The molecule has 0 aromatic heterocycles. The van der Waals surface area contributed by atoms with Gasteiger partial charge in [0.1, 0.15) is 0 Å². The first-order chi connectivity index (χ1) is 4.34. The molecular formula is C7H13NS. The number of hydrogen-bond acceptors (Lipinski definition) is 2. The Hall–Kier alpha value is 0.0500. The van der Waals surface area contributed by atoms with Gasteiger partial charge in [0.15, 0.2) is 0 Å². The molecule has 1 rings (SSSR count). The number of nitrogens with two attached hydrogens (primary N) is 1. The van der Waals surface area contributed by atoms with Gasteiger partial charge in [-0.05, 0) is 18.6 Å². The summed E-state index contributed by atoms with van der Waals surface area (Å²) in [6.07, 6.45) is 4.46. The lowest BCUT2D eigenvalue weighted by molar-refractivity contribution is 0.705. The SMILES string of the molecule is C=CC(N)C1CCCS1. The van der Waals surface area contributed by atoms with Gasteiger partial charge in [0.25, 0.3) is 0 Å². The molecule has 9 heavy (non-hydrogen) atoms. The van der Waals surface area contributed by atoms with Crippen molar-refractivity contribution >= 4 is 11.8 Å². The fourth-order valence-corrected chi connectivity index (χ4v) is 2.36. The van der Waals surface area contributed by atoms with Gasteiger partial charge in [0.05, 0.1) is 0 Å². The molecule has 52 valence electrons. The van der Waals surface area contributed by atoms with Crippen LogP contribution in [0.5, 0.6) is 0 Å². The van der Waals surface area contributed by atoms with Crippen molar-refractivity contribution in [3.05, 3.63) is 12.7 Å². The van der Waals surface area contributed by atoms with Gasteiger partial charge < -0.3 is 5.73 Å². The molecule has 1 aliphatic heterocycles. The Morgan fingerprint density at radius 3 is 3.00 bits per heavy atom. The van der Waals surface area contributed by atoms with E-state index in [-0.39, 0.29) is 6.04 Å². The van der Waals surface area contributed by atoms with Crippen molar-refractivity contribution in [3.63, 3.8) is 0 Å². The second-order valence-corrected chi connectivity index (χ2v) is 3.71. The highest BCUT2D eigenvalue weighted by Gasteiger charge is 2.19. The third-order valence-electron chi connectivity index (χ3n) is 1.67. The Bertz CT molecular complexity index is 97.1. The molecule has 2 atom stereocenters. The van der Waals surface area contributed by atoms with Crippen LogP contribution in [0.2, 0.25) is 0 Å². The van der Waals surface area contributed by atoms with Crippen LogP contribution in [0.4, 0.5) is 0 Å². The van der Waals surface area contributed by atoms with E-state index in [2.05, 4.69) is 6.58 Å². The fourth-order valence-electron chi connectivity index (χ4n) is 1.06. The second-order valence-electron chi connectivity index (χ2n) is 2.36. The Morgan fingerprint density at radius 1 is 1.78 bits per heavy atom. The van der Waals surface area contributed by atoms with Gasteiger partial charge in [-0.1, -0.05) is 6.08 Å². The third kappa shape index (κ3) is 1.73.